The molecule has 0 aliphatic carbocycles. The van der Waals surface area contributed by atoms with E-state index in [2.05, 4.69) is 9.97 Å². The van der Waals surface area contributed by atoms with Crippen molar-refractivity contribution in [3.63, 3.8) is 0 Å². The highest BCUT2D eigenvalue weighted by Gasteiger charge is 2.21. The van der Waals surface area contributed by atoms with Crippen LogP contribution in [-0.2, 0) is 4.74 Å². The van der Waals surface area contributed by atoms with E-state index in [1.54, 1.807) is 12.4 Å². The van der Waals surface area contributed by atoms with Crippen molar-refractivity contribution in [2.24, 2.45) is 5.92 Å². The number of hydrogen-bond acceptors (Lipinski definition) is 4. The van der Waals surface area contributed by atoms with E-state index in [0.717, 1.165) is 32.6 Å². The van der Waals surface area contributed by atoms with Crippen molar-refractivity contribution in [2.45, 2.75) is 19.8 Å². The van der Waals surface area contributed by atoms with Gasteiger partial charge in [0, 0.05) is 38.7 Å². The van der Waals surface area contributed by atoms with E-state index in [0.29, 0.717) is 18.2 Å². The van der Waals surface area contributed by atoms with Gasteiger partial charge in [0.1, 0.15) is 5.69 Å². The molecular formula is C13H19N3O2. The summed E-state index contributed by atoms with van der Waals surface area (Å²) in [5, 5.41) is 0. The first-order chi connectivity index (χ1) is 8.81. The maximum absolute atomic E-state index is 12.2. The molecule has 0 spiro atoms. The molecule has 1 aliphatic rings. The van der Waals surface area contributed by atoms with Gasteiger partial charge in [-0.3, -0.25) is 9.78 Å². The van der Waals surface area contributed by atoms with Crippen LogP contribution in [0.5, 0.6) is 0 Å². The number of aromatic nitrogens is 2. The van der Waals surface area contributed by atoms with Gasteiger partial charge in [-0.15, -0.1) is 0 Å². The molecule has 0 radical (unpaired) electrons. The molecule has 0 aromatic carbocycles. The fourth-order valence-corrected chi connectivity index (χ4v) is 2.17. The Hall–Kier alpha value is -1.49. The Labute approximate surface area is 107 Å². The van der Waals surface area contributed by atoms with Crippen LogP contribution in [0.2, 0.25) is 0 Å². The fraction of sp³-hybridized carbons (Fsp3) is 0.615. The third-order valence-electron chi connectivity index (χ3n) is 3.27. The number of rotatable bonds is 4. The standard InChI is InChI=1S/C13H19N3O2/c1-2-16(10-11-3-7-18-8-4-11)13(17)12-9-14-5-6-15-12/h5-6,9,11H,2-4,7-8,10H2,1H3. The molecule has 5 nitrogen and oxygen atoms in total. The van der Waals surface area contributed by atoms with Crippen LogP contribution in [-0.4, -0.2) is 47.1 Å². The first-order valence-corrected chi connectivity index (χ1v) is 6.44. The zero-order valence-corrected chi connectivity index (χ0v) is 10.7. The lowest BCUT2D eigenvalue weighted by molar-refractivity contribution is 0.0464. The van der Waals surface area contributed by atoms with Gasteiger partial charge in [0.05, 0.1) is 6.20 Å². The molecule has 0 atom stereocenters. The zero-order chi connectivity index (χ0) is 12.8. The van der Waals surface area contributed by atoms with Gasteiger partial charge in [-0.25, -0.2) is 4.98 Å². The second kappa shape index (κ2) is 6.44. The third kappa shape index (κ3) is 3.26. The van der Waals surface area contributed by atoms with Gasteiger partial charge >= 0.3 is 0 Å². The van der Waals surface area contributed by atoms with Crippen LogP contribution in [0.4, 0.5) is 0 Å². The number of nitrogens with zero attached hydrogens (tertiary/aromatic N) is 3. The molecule has 0 unspecified atom stereocenters. The van der Waals surface area contributed by atoms with Gasteiger partial charge in [0.25, 0.3) is 5.91 Å². The van der Waals surface area contributed by atoms with Crippen LogP contribution in [0, 0.1) is 5.92 Å². The average Bonchev–Trinajstić information content (AvgIpc) is 2.46. The smallest absolute Gasteiger partial charge is 0.274 e. The predicted molar refractivity (Wildman–Crippen MR) is 67.2 cm³/mol. The highest BCUT2D eigenvalue weighted by atomic mass is 16.5. The second-order valence-electron chi connectivity index (χ2n) is 4.49. The van der Waals surface area contributed by atoms with Crippen LogP contribution >= 0.6 is 0 Å². The van der Waals surface area contributed by atoms with Crippen LogP contribution in [0.25, 0.3) is 0 Å². The molecule has 0 N–H and O–H groups in total. The molecule has 1 aromatic rings. The van der Waals surface area contributed by atoms with Crippen molar-refractivity contribution in [3.05, 3.63) is 24.3 Å². The molecule has 98 valence electrons. The van der Waals surface area contributed by atoms with E-state index < -0.39 is 0 Å². The molecule has 0 bridgehead atoms. The van der Waals surface area contributed by atoms with Crippen molar-refractivity contribution in [2.75, 3.05) is 26.3 Å². The van der Waals surface area contributed by atoms with Gasteiger partial charge in [-0.05, 0) is 25.7 Å². The maximum atomic E-state index is 12.2. The Morgan fingerprint density at radius 1 is 1.44 bits per heavy atom. The minimum Gasteiger partial charge on any atom is -0.381 e. The quantitative estimate of drug-likeness (QED) is 0.808. The topological polar surface area (TPSA) is 55.3 Å². The first kappa shape index (κ1) is 13.0. The van der Waals surface area contributed by atoms with E-state index in [-0.39, 0.29) is 5.91 Å². The molecule has 5 heteroatoms. The first-order valence-electron chi connectivity index (χ1n) is 6.44. The second-order valence-corrected chi connectivity index (χ2v) is 4.49. The summed E-state index contributed by atoms with van der Waals surface area (Å²) < 4.78 is 5.33. The largest absolute Gasteiger partial charge is 0.381 e. The van der Waals surface area contributed by atoms with Gasteiger partial charge in [-0.1, -0.05) is 0 Å². The molecule has 2 heterocycles. The van der Waals surface area contributed by atoms with Gasteiger partial charge in [-0.2, -0.15) is 0 Å². The van der Waals surface area contributed by atoms with Crippen molar-refractivity contribution < 1.29 is 9.53 Å². The van der Waals surface area contributed by atoms with Gasteiger partial charge < -0.3 is 9.64 Å². The van der Waals surface area contributed by atoms with Crippen LogP contribution in [0.3, 0.4) is 0 Å². The molecule has 1 aromatic heterocycles. The maximum Gasteiger partial charge on any atom is 0.274 e. The molecule has 1 saturated heterocycles. The van der Waals surface area contributed by atoms with Crippen LogP contribution < -0.4 is 0 Å². The van der Waals surface area contributed by atoms with E-state index >= 15 is 0 Å². The zero-order valence-electron chi connectivity index (χ0n) is 10.7. The van der Waals surface area contributed by atoms with Gasteiger partial charge in [0.2, 0.25) is 0 Å². The Bertz CT molecular complexity index is 377. The lowest BCUT2D eigenvalue weighted by Gasteiger charge is -2.28. The number of ether oxygens (including phenoxy) is 1. The number of amides is 1. The molecule has 1 aliphatic heterocycles. The van der Waals surface area contributed by atoms with Crippen LogP contribution in [0.15, 0.2) is 18.6 Å². The average molecular weight is 249 g/mol. The predicted octanol–water partition coefficient (Wildman–Crippen LogP) is 1.37. The SMILES string of the molecule is CCN(CC1CCOCC1)C(=O)c1cnccn1. The molecule has 2 rings (SSSR count). The van der Waals surface area contributed by atoms with E-state index in [9.17, 15) is 4.79 Å². The summed E-state index contributed by atoms with van der Waals surface area (Å²) in [6, 6.07) is 0. The van der Waals surface area contributed by atoms with Crippen molar-refractivity contribution in [1.29, 1.82) is 0 Å². The Morgan fingerprint density at radius 3 is 2.83 bits per heavy atom. The summed E-state index contributed by atoms with van der Waals surface area (Å²) in [5.74, 6) is 0.511. The summed E-state index contributed by atoms with van der Waals surface area (Å²) in [5.41, 5.74) is 0.423. The molecule has 1 amide bonds. The summed E-state index contributed by atoms with van der Waals surface area (Å²) in [6.07, 6.45) is 6.71. The minimum atomic E-state index is -0.0305. The molecule has 18 heavy (non-hydrogen) atoms. The number of carbonyl (C=O) groups excluding carboxylic acids is 1. The van der Waals surface area contributed by atoms with E-state index in [4.69, 9.17) is 4.74 Å². The third-order valence-corrected chi connectivity index (χ3v) is 3.27. The highest BCUT2D eigenvalue weighted by molar-refractivity contribution is 5.91. The Kier molecular flexibility index (Phi) is 4.64. The fourth-order valence-electron chi connectivity index (χ4n) is 2.17. The lowest BCUT2D eigenvalue weighted by Crippen LogP contribution is -2.37. The number of carbonyl (C=O) groups is 1. The Balaban J connectivity index is 1.97. The van der Waals surface area contributed by atoms with Crippen molar-refractivity contribution in [3.8, 4) is 0 Å². The van der Waals surface area contributed by atoms with Crippen LogP contribution in [0.1, 0.15) is 30.3 Å². The van der Waals surface area contributed by atoms with Crippen molar-refractivity contribution in [1.82, 2.24) is 14.9 Å². The summed E-state index contributed by atoms with van der Waals surface area (Å²) in [7, 11) is 0. The number of hydrogen-bond donors (Lipinski definition) is 0. The summed E-state index contributed by atoms with van der Waals surface area (Å²) in [4.78, 5) is 22.1. The van der Waals surface area contributed by atoms with E-state index in [1.807, 2.05) is 11.8 Å². The normalized spacial score (nSPS) is 16.5. The molecular weight excluding hydrogens is 230 g/mol. The lowest BCUT2D eigenvalue weighted by atomic mass is 9.99. The Morgan fingerprint density at radius 2 is 2.22 bits per heavy atom. The highest BCUT2D eigenvalue weighted by Crippen LogP contribution is 2.16. The van der Waals surface area contributed by atoms with Gasteiger partial charge in [0.15, 0.2) is 0 Å². The summed E-state index contributed by atoms with van der Waals surface area (Å²) in [6.45, 7) is 5.10. The summed E-state index contributed by atoms with van der Waals surface area (Å²) >= 11 is 0. The van der Waals surface area contributed by atoms with E-state index in [1.165, 1.54) is 6.20 Å². The monoisotopic (exact) mass is 249 g/mol. The minimum absolute atomic E-state index is 0.0305. The van der Waals surface area contributed by atoms with Crippen molar-refractivity contribution >= 4 is 5.91 Å². The molecule has 0 saturated carbocycles. The molecule has 1 fully saturated rings.